The zero-order valence-corrected chi connectivity index (χ0v) is 4.96. The van der Waals surface area contributed by atoms with Crippen molar-refractivity contribution in [1.29, 1.82) is 5.26 Å². The maximum Gasteiger partial charge on any atom is 0.356 e. The SMILES string of the molecule is N#C/C(N)=C(/NN)C(=O)O. The number of aliphatic carboxylic acids is 1. The third kappa shape index (κ3) is 1.65. The van der Waals surface area contributed by atoms with Gasteiger partial charge >= 0.3 is 5.97 Å². The predicted octanol–water partition coefficient (Wildman–Crippen LogP) is -1.77. The minimum atomic E-state index is -1.36. The van der Waals surface area contributed by atoms with Crippen LogP contribution in [0, 0.1) is 11.3 Å². The lowest BCUT2D eigenvalue weighted by Gasteiger charge is -1.98. The molecule has 0 spiro atoms. The summed E-state index contributed by atoms with van der Waals surface area (Å²) in [5.41, 5.74) is 5.76. The summed E-state index contributed by atoms with van der Waals surface area (Å²) < 4.78 is 0. The van der Waals surface area contributed by atoms with Gasteiger partial charge in [-0.3, -0.25) is 5.84 Å². The third-order valence-electron chi connectivity index (χ3n) is 0.748. The van der Waals surface area contributed by atoms with Gasteiger partial charge in [0.2, 0.25) is 0 Å². The fraction of sp³-hybridized carbons (Fsp3) is 0. The molecule has 0 saturated heterocycles. The van der Waals surface area contributed by atoms with Crippen molar-refractivity contribution in [1.82, 2.24) is 5.43 Å². The van der Waals surface area contributed by atoms with Gasteiger partial charge in [0.1, 0.15) is 11.8 Å². The van der Waals surface area contributed by atoms with Crippen LogP contribution in [0.4, 0.5) is 0 Å². The smallest absolute Gasteiger partial charge is 0.356 e. The van der Waals surface area contributed by atoms with E-state index >= 15 is 0 Å². The molecule has 10 heavy (non-hydrogen) atoms. The third-order valence-corrected chi connectivity index (χ3v) is 0.748. The summed E-state index contributed by atoms with van der Waals surface area (Å²) >= 11 is 0. The number of nitrogens with two attached hydrogens (primary N) is 2. The molecule has 0 fully saturated rings. The lowest BCUT2D eigenvalue weighted by atomic mass is 10.3. The van der Waals surface area contributed by atoms with E-state index in [-0.39, 0.29) is 0 Å². The van der Waals surface area contributed by atoms with E-state index < -0.39 is 17.4 Å². The molecule has 54 valence electrons. The number of rotatable bonds is 2. The standard InChI is InChI=1S/C4H6N4O2/c5-1-2(6)3(8-7)4(9)10/h8H,6-7H2,(H,9,10)/b3-2-. The van der Waals surface area contributed by atoms with E-state index in [1.165, 1.54) is 6.07 Å². The molecule has 6 nitrogen and oxygen atoms in total. The molecule has 0 aromatic heterocycles. The van der Waals surface area contributed by atoms with Crippen LogP contribution < -0.4 is 17.0 Å². The van der Waals surface area contributed by atoms with Crippen molar-refractivity contribution in [3.8, 4) is 6.07 Å². The average Bonchev–Trinajstić information content (AvgIpc) is 1.88. The molecule has 0 aromatic rings. The number of hydrogen-bond donors (Lipinski definition) is 4. The van der Waals surface area contributed by atoms with Crippen LogP contribution in [0.15, 0.2) is 11.4 Å². The zero-order chi connectivity index (χ0) is 8.15. The Bertz CT molecular complexity index is 214. The highest BCUT2D eigenvalue weighted by Gasteiger charge is 2.08. The van der Waals surface area contributed by atoms with E-state index in [0.29, 0.717) is 0 Å². The number of nitrogens with zero attached hydrogens (tertiary/aromatic N) is 1. The summed E-state index contributed by atoms with van der Waals surface area (Å²) in [4.78, 5) is 10.1. The van der Waals surface area contributed by atoms with Crippen molar-refractivity contribution < 1.29 is 9.90 Å². The summed E-state index contributed by atoms with van der Waals surface area (Å²) in [6.45, 7) is 0. The Morgan fingerprint density at radius 3 is 2.30 bits per heavy atom. The van der Waals surface area contributed by atoms with Gasteiger partial charge in [0.05, 0.1) is 0 Å². The number of hydrogen-bond acceptors (Lipinski definition) is 5. The number of nitrogens with one attached hydrogen (secondary N) is 1. The van der Waals surface area contributed by atoms with Crippen LogP contribution in [-0.4, -0.2) is 11.1 Å². The number of allylic oxidation sites excluding steroid dienone is 1. The zero-order valence-electron chi connectivity index (χ0n) is 4.96. The Kier molecular flexibility index (Phi) is 2.74. The van der Waals surface area contributed by atoms with Crippen molar-refractivity contribution in [2.24, 2.45) is 11.6 Å². The lowest BCUT2D eigenvalue weighted by molar-refractivity contribution is -0.133. The van der Waals surface area contributed by atoms with Crippen LogP contribution >= 0.6 is 0 Å². The van der Waals surface area contributed by atoms with Gasteiger partial charge in [0.25, 0.3) is 0 Å². The van der Waals surface area contributed by atoms with Crippen LogP contribution in [0.25, 0.3) is 0 Å². The first-order valence-electron chi connectivity index (χ1n) is 2.23. The fourth-order valence-electron chi connectivity index (χ4n) is 0.311. The Morgan fingerprint density at radius 1 is 1.70 bits per heavy atom. The van der Waals surface area contributed by atoms with E-state index in [4.69, 9.17) is 21.9 Å². The second kappa shape index (κ2) is 3.32. The van der Waals surface area contributed by atoms with Crippen LogP contribution in [0.3, 0.4) is 0 Å². The lowest BCUT2D eigenvalue weighted by Crippen LogP contribution is -2.29. The van der Waals surface area contributed by atoms with Crippen LogP contribution in [0.5, 0.6) is 0 Å². The van der Waals surface area contributed by atoms with Crippen LogP contribution in [0.1, 0.15) is 0 Å². The Hall–Kier alpha value is -1.74. The number of nitriles is 1. The van der Waals surface area contributed by atoms with Crippen molar-refractivity contribution in [3.05, 3.63) is 11.4 Å². The Morgan fingerprint density at radius 2 is 2.20 bits per heavy atom. The van der Waals surface area contributed by atoms with Crippen LogP contribution in [-0.2, 0) is 4.79 Å². The topological polar surface area (TPSA) is 125 Å². The molecule has 0 aliphatic carbocycles. The molecule has 0 aliphatic heterocycles. The molecule has 0 saturated carbocycles. The molecule has 0 aliphatic rings. The maximum atomic E-state index is 10.1. The summed E-state index contributed by atoms with van der Waals surface area (Å²) in [5.74, 6) is 3.37. The van der Waals surface area contributed by atoms with Gasteiger partial charge in [0, 0.05) is 0 Å². The number of carboxylic acid groups (broad SMARTS) is 1. The van der Waals surface area contributed by atoms with Gasteiger partial charge < -0.3 is 16.3 Å². The predicted molar refractivity (Wildman–Crippen MR) is 31.8 cm³/mol. The van der Waals surface area contributed by atoms with E-state index in [9.17, 15) is 4.79 Å². The van der Waals surface area contributed by atoms with Gasteiger partial charge in [-0.25, -0.2) is 4.79 Å². The van der Waals surface area contributed by atoms with E-state index in [1.807, 2.05) is 0 Å². The molecule has 0 unspecified atom stereocenters. The molecule has 0 aromatic carbocycles. The van der Waals surface area contributed by atoms with Crippen LogP contribution in [0.2, 0.25) is 0 Å². The van der Waals surface area contributed by atoms with E-state index in [1.54, 1.807) is 5.43 Å². The van der Waals surface area contributed by atoms with E-state index in [2.05, 4.69) is 0 Å². The molecule has 0 amide bonds. The average molecular weight is 142 g/mol. The van der Waals surface area contributed by atoms with Gasteiger partial charge in [-0.1, -0.05) is 0 Å². The molecular weight excluding hydrogens is 136 g/mol. The highest BCUT2D eigenvalue weighted by Crippen LogP contribution is 1.90. The molecule has 6 heteroatoms. The Balaban J connectivity index is 4.68. The van der Waals surface area contributed by atoms with Gasteiger partial charge in [-0.2, -0.15) is 5.26 Å². The number of carbonyl (C=O) groups is 1. The summed E-state index contributed by atoms with van der Waals surface area (Å²) in [5, 5.41) is 16.3. The first-order valence-corrected chi connectivity index (χ1v) is 2.23. The minimum Gasteiger partial charge on any atom is -0.476 e. The number of hydrazine groups is 1. The fourth-order valence-corrected chi connectivity index (χ4v) is 0.311. The van der Waals surface area contributed by atoms with Gasteiger partial charge in [-0.05, 0) is 0 Å². The van der Waals surface area contributed by atoms with Crippen molar-refractivity contribution in [3.63, 3.8) is 0 Å². The first kappa shape index (κ1) is 8.26. The summed E-state index contributed by atoms with van der Waals surface area (Å²) in [6.07, 6.45) is 0. The monoisotopic (exact) mass is 142 g/mol. The first-order chi connectivity index (χ1) is 4.63. The quantitative estimate of drug-likeness (QED) is 0.156. The molecule has 0 rings (SSSR count). The maximum absolute atomic E-state index is 10.1. The minimum absolute atomic E-state index is 0.449. The molecule has 0 atom stereocenters. The largest absolute Gasteiger partial charge is 0.476 e. The molecular formula is C4H6N4O2. The molecule has 0 radical (unpaired) electrons. The Labute approximate surface area is 56.7 Å². The highest BCUT2D eigenvalue weighted by atomic mass is 16.4. The highest BCUT2D eigenvalue weighted by molar-refractivity contribution is 5.87. The van der Waals surface area contributed by atoms with Gasteiger partial charge in [0.15, 0.2) is 5.70 Å². The van der Waals surface area contributed by atoms with E-state index in [0.717, 1.165) is 0 Å². The molecule has 0 bridgehead atoms. The van der Waals surface area contributed by atoms with Crippen molar-refractivity contribution >= 4 is 5.97 Å². The molecule has 6 N–H and O–H groups in total. The second-order valence-electron chi connectivity index (χ2n) is 1.35. The second-order valence-corrected chi connectivity index (χ2v) is 1.35. The van der Waals surface area contributed by atoms with Gasteiger partial charge in [-0.15, -0.1) is 0 Å². The molecule has 0 heterocycles. The normalized spacial score (nSPS) is 11.2. The summed E-state index contributed by atoms with van der Waals surface area (Å²) in [6, 6.07) is 1.43. The number of carboxylic acids is 1. The summed E-state index contributed by atoms with van der Waals surface area (Å²) in [7, 11) is 0. The van der Waals surface area contributed by atoms with Crippen molar-refractivity contribution in [2.45, 2.75) is 0 Å². The van der Waals surface area contributed by atoms with Crippen molar-refractivity contribution in [2.75, 3.05) is 0 Å².